The second kappa shape index (κ2) is 10.3. The van der Waals surface area contributed by atoms with Crippen LogP contribution in [0.1, 0.15) is 24.8 Å². The van der Waals surface area contributed by atoms with E-state index >= 15 is 0 Å². The largest absolute Gasteiger partial charge is 0.390 e. The number of alkyl halides is 3. The lowest BCUT2D eigenvalue weighted by Crippen LogP contribution is -2.52. The smallest absolute Gasteiger partial charge is 0.353 e. The highest BCUT2D eigenvalue weighted by atomic mass is 35.5. The van der Waals surface area contributed by atoms with E-state index < -0.39 is 17.8 Å². The summed E-state index contributed by atoms with van der Waals surface area (Å²) in [6, 6.07) is 5.70. The van der Waals surface area contributed by atoms with E-state index in [1.54, 1.807) is 22.9 Å². The van der Waals surface area contributed by atoms with Gasteiger partial charge in [0, 0.05) is 53.0 Å². The van der Waals surface area contributed by atoms with Gasteiger partial charge in [0.25, 0.3) is 0 Å². The summed E-state index contributed by atoms with van der Waals surface area (Å²) in [5.41, 5.74) is 2.47. The number of hydrogen-bond donors (Lipinski definition) is 1. The van der Waals surface area contributed by atoms with Gasteiger partial charge in [-0.2, -0.15) is 13.2 Å². The maximum absolute atomic E-state index is 12.9. The third kappa shape index (κ3) is 6.29. The van der Waals surface area contributed by atoms with Gasteiger partial charge in [-0.25, -0.2) is 4.99 Å². The van der Waals surface area contributed by atoms with Crippen molar-refractivity contribution in [3.8, 4) is 0 Å². The number of hydrogen-bond acceptors (Lipinski definition) is 7. The van der Waals surface area contributed by atoms with Gasteiger partial charge in [-0.05, 0) is 42.5 Å². The van der Waals surface area contributed by atoms with Gasteiger partial charge in [0.05, 0.1) is 12.8 Å². The molecule has 1 aromatic rings. The van der Waals surface area contributed by atoms with Crippen LogP contribution in [0.2, 0.25) is 5.02 Å². The third-order valence-corrected chi connectivity index (χ3v) is 9.00. The zero-order valence-electron chi connectivity index (χ0n) is 18.8. The van der Waals surface area contributed by atoms with Crippen LogP contribution >= 0.6 is 35.3 Å². The first-order chi connectivity index (χ1) is 16.7. The number of nitrogens with zero attached hydrogens (tertiary/aromatic N) is 4. The predicted molar refractivity (Wildman–Crippen MR) is 137 cm³/mol. The SMILES string of the molecule is O=C(Cc1ccc(NSC2CC2)cc1Cl)N1CCN(C2=NC=NC3SC(CC(F)(F)F)C=C23)CC1. The lowest BCUT2D eigenvalue weighted by Gasteiger charge is -2.37. The molecule has 2 unspecified atom stereocenters. The molecule has 5 rings (SSSR count). The molecule has 3 aliphatic heterocycles. The van der Waals surface area contributed by atoms with Crippen molar-refractivity contribution in [3.63, 3.8) is 0 Å². The number of thioether (sulfide) groups is 1. The Balaban J connectivity index is 1.15. The molecule has 1 N–H and O–H groups in total. The maximum atomic E-state index is 12.9. The zero-order valence-corrected chi connectivity index (χ0v) is 21.2. The topological polar surface area (TPSA) is 60.3 Å². The normalized spacial score (nSPS) is 24.2. The van der Waals surface area contributed by atoms with Crippen molar-refractivity contribution in [3.05, 3.63) is 40.4 Å². The first-order valence-electron chi connectivity index (χ1n) is 11.5. The summed E-state index contributed by atoms with van der Waals surface area (Å²) in [6.07, 6.45) is 0.697. The Bertz CT molecular complexity index is 1070. The minimum Gasteiger partial charge on any atom is -0.353 e. The summed E-state index contributed by atoms with van der Waals surface area (Å²) >= 11 is 9.35. The van der Waals surface area contributed by atoms with Crippen LogP contribution in [-0.2, 0) is 11.2 Å². The fourth-order valence-electron chi connectivity index (χ4n) is 4.22. The van der Waals surface area contributed by atoms with E-state index in [4.69, 9.17) is 11.6 Å². The lowest BCUT2D eigenvalue weighted by molar-refractivity contribution is -0.132. The number of rotatable bonds is 6. The van der Waals surface area contributed by atoms with Crippen LogP contribution in [0.4, 0.5) is 18.9 Å². The highest BCUT2D eigenvalue weighted by molar-refractivity contribution is 8.01. The minimum absolute atomic E-state index is 0.00511. The number of amidine groups is 1. The number of carbonyl (C=O) groups excluding carboxylic acids is 1. The quantitative estimate of drug-likeness (QED) is 0.511. The Morgan fingerprint density at radius 2 is 2.00 bits per heavy atom. The summed E-state index contributed by atoms with van der Waals surface area (Å²) in [5, 5.41) is 0.240. The molecule has 1 saturated heterocycles. The van der Waals surface area contributed by atoms with Gasteiger partial charge >= 0.3 is 6.18 Å². The number of aliphatic imine (C=N–C) groups is 2. The van der Waals surface area contributed by atoms with Gasteiger partial charge in [-0.15, -0.1) is 11.8 Å². The molecule has 1 aromatic carbocycles. The highest BCUT2D eigenvalue weighted by Crippen LogP contribution is 2.41. The van der Waals surface area contributed by atoms with E-state index in [-0.39, 0.29) is 17.7 Å². The van der Waals surface area contributed by atoms with Crippen molar-refractivity contribution in [2.45, 2.75) is 47.7 Å². The van der Waals surface area contributed by atoms with E-state index in [0.717, 1.165) is 16.8 Å². The van der Waals surface area contributed by atoms with E-state index in [1.807, 2.05) is 23.1 Å². The third-order valence-electron chi connectivity index (χ3n) is 6.20. The summed E-state index contributed by atoms with van der Waals surface area (Å²) < 4.78 is 41.9. The van der Waals surface area contributed by atoms with Crippen LogP contribution in [0.15, 0.2) is 39.8 Å². The number of benzene rings is 1. The lowest BCUT2D eigenvalue weighted by atomic mass is 10.1. The van der Waals surface area contributed by atoms with Gasteiger partial charge in [-0.3, -0.25) is 9.79 Å². The molecule has 12 heteroatoms. The van der Waals surface area contributed by atoms with Crippen LogP contribution in [-0.4, -0.2) is 76.1 Å². The summed E-state index contributed by atoms with van der Waals surface area (Å²) in [4.78, 5) is 25.4. The summed E-state index contributed by atoms with van der Waals surface area (Å²) in [5.74, 6) is 0.676. The molecule has 2 atom stereocenters. The Kier molecular flexibility index (Phi) is 7.28. The predicted octanol–water partition coefficient (Wildman–Crippen LogP) is 5.01. The molecule has 0 radical (unpaired) electrons. The van der Waals surface area contributed by atoms with Gasteiger partial charge < -0.3 is 14.5 Å². The second-order valence-corrected chi connectivity index (χ2v) is 11.8. The molecular weight excluding hydrogens is 519 g/mol. The van der Waals surface area contributed by atoms with Gasteiger partial charge in [-0.1, -0.05) is 23.7 Å². The van der Waals surface area contributed by atoms with E-state index in [9.17, 15) is 18.0 Å². The molecule has 3 heterocycles. The fourth-order valence-corrected chi connectivity index (χ4v) is 6.56. The van der Waals surface area contributed by atoms with Crippen LogP contribution < -0.4 is 4.72 Å². The van der Waals surface area contributed by atoms with Crippen LogP contribution in [0.3, 0.4) is 0 Å². The number of fused-ring (bicyclic) bond motifs is 1. The molecule has 35 heavy (non-hydrogen) atoms. The standard InChI is InChI=1S/C23H25ClF3N5OS2/c24-19-10-15(30-35-16-3-4-16)2-1-14(19)9-20(33)31-5-7-32(8-6-31)21-18-11-17(12-23(25,26)27)34-22(18)29-13-28-21/h1-2,10-11,13,16-17,22,30H,3-9,12H2. The molecule has 1 amide bonds. The first kappa shape index (κ1) is 24.8. The molecule has 0 bridgehead atoms. The minimum atomic E-state index is -4.22. The van der Waals surface area contributed by atoms with Crippen molar-refractivity contribution < 1.29 is 18.0 Å². The number of anilines is 1. The van der Waals surface area contributed by atoms with E-state index in [0.29, 0.717) is 42.3 Å². The molecule has 6 nitrogen and oxygen atoms in total. The Hall–Kier alpha value is -1.85. The van der Waals surface area contributed by atoms with Crippen LogP contribution in [0, 0.1) is 0 Å². The average Bonchev–Trinajstić information content (AvgIpc) is 3.56. The van der Waals surface area contributed by atoms with E-state index in [2.05, 4.69) is 14.7 Å². The monoisotopic (exact) mass is 543 g/mol. The van der Waals surface area contributed by atoms with Crippen molar-refractivity contribution in [2.75, 3.05) is 30.9 Å². The van der Waals surface area contributed by atoms with E-state index in [1.165, 1.54) is 30.9 Å². The molecule has 188 valence electrons. The molecule has 2 fully saturated rings. The van der Waals surface area contributed by atoms with Crippen molar-refractivity contribution >= 4 is 59.1 Å². The fraction of sp³-hybridized carbons (Fsp3) is 0.522. The zero-order chi connectivity index (χ0) is 24.6. The highest BCUT2D eigenvalue weighted by Gasteiger charge is 2.40. The van der Waals surface area contributed by atoms with Crippen molar-refractivity contribution in [2.24, 2.45) is 9.98 Å². The first-order valence-corrected chi connectivity index (χ1v) is 13.7. The van der Waals surface area contributed by atoms with Crippen molar-refractivity contribution in [1.82, 2.24) is 9.80 Å². The Labute approximate surface area is 215 Å². The maximum Gasteiger partial charge on any atom is 0.390 e. The van der Waals surface area contributed by atoms with Crippen LogP contribution in [0.25, 0.3) is 0 Å². The molecular formula is C23H25ClF3N5OS2. The number of halogens is 4. The molecule has 0 spiro atoms. The van der Waals surface area contributed by atoms with Gasteiger partial charge in [0.15, 0.2) is 0 Å². The van der Waals surface area contributed by atoms with Gasteiger partial charge in [0.2, 0.25) is 5.91 Å². The number of piperazine rings is 1. The Morgan fingerprint density at radius 1 is 1.23 bits per heavy atom. The van der Waals surface area contributed by atoms with Crippen LogP contribution in [0.5, 0.6) is 0 Å². The summed E-state index contributed by atoms with van der Waals surface area (Å²) in [7, 11) is 0. The second-order valence-electron chi connectivity index (χ2n) is 8.96. The Morgan fingerprint density at radius 3 is 2.69 bits per heavy atom. The molecule has 0 aromatic heterocycles. The van der Waals surface area contributed by atoms with Crippen molar-refractivity contribution in [1.29, 1.82) is 0 Å². The number of nitrogens with one attached hydrogen (secondary N) is 1. The molecule has 4 aliphatic rings. The number of amides is 1. The molecule has 1 saturated carbocycles. The average molecular weight is 544 g/mol. The summed E-state index contributed by atoms with van der Waals surface area (Å²) in [6.45, 7) is 2.15. The molecule has 1 aliphatic carbocycles. The number of carbonyl (C=O) groups is 1. The van der Waals surface area contributed by atoms with Gasteiger partial charge in [0.1, 0.15) is 17.5 Å².